The summed E-state index contributed by atoms with van der Waals surface area (Å²) in [5.74, 6) is 0.503. The summed E-state index contributed by atoms with van der Waals surface area (Å²) in [4.78, 5) is 21.6. The molecule has 5 nitrogen and oxygen atoms in total. The van der Waals surface area contributed by atoms with Crippen LogP contribution in [-0.4, -0.2) is 18.1 Å². The van der Waals surface area contributed by atoms with Crippen molar-refractivity contribution >= 4 is 17.2 Å². The molecule has 0 amide bonds. The van der Waals surface area contributed by atoms with Crippen LogP contribution in [0.25, 0.3) is 10.9 Å². The molecular weight excluding hydrogens is 208 g/mol. The van der Waals surface area contributed by atoms with Crippen LogP contribution >= 0.6 is 0 Å². The molecule has 2 aromatic rings. The molecule has 82 valence electrons. The van der Waals surface area contributed by atoms with E-state index in [1.165, 1.54) is 18.0 Å². The van der Waals surface area contributed by atoms with Gasteiger partial charge in [0, 0.05) is 11.6 Å². The number of rotatable bonds is 3. The number of benzene rings is 1. The number of aromatic nitrogens is 1. The van der Waals surface area contributed by atoms with Gasteiger partial charge in [0.2, 0.25) is 0 Å². The zero-order chi connectivity index (χ0) is 11.7. The van der Waals surface area contributed by atoms with Crippen LogP contribution in [0.3, 0.4) is 0 Å². The lowest BCUT2D eigenvalue weighted by Gasteiger charge is -2.07. The Balaban J connectivity index is 2.92. The maximum absolute atomic E-state index is 11.0. The van der Waals surface area contributed by atoms with E-state index >= 15 is 0 Å². The Morgan fingerprint density at radius 2 is 2.25 bits per heavy atom. The molecule has 0 unspecified atom stereocenters. The van der Waals surface area contributed by atoms with Crippen LogP contribution in [0.15, 0.2) is 23.6 Å². The van der Waals surface area contributed by atoms with E-state index < -0.39 is 0 Å². The quantitative estimate of drug-likeness (QED) is 0.586. The summed E-state index contributed by atoms with van der Waals surface area (Å²) in [6.45, 7) is 1.83. The maximum atomic E-state index is 11.0. The van der Waals surface area contributed by atoms with Gasteiger partial charge in [-0.2, -0.15) is 0 Å². The SMILES string of the molecule is COc1cc(C)c2c(ccn2N=O)c1C=O. The highest BCUT2D eigenvalue weighted by molar-refractivity contribution is 6.01. The molecular formula is C11H10N2O3. The molecule has 0 radical (unpaired) electrons. The van der Waals surface area contributed by atoms with Crippen molar-refractivity contribution in [3.05, 3.63) is 34.4 Å². The maximum Gasteiger partial charge on any atom is 0.154 e. The van der Waals surface area contributed by atoms with Crippen molar-refractivity contribution in [1.82, 2.24) is 4.68 Å². The van der Waals surface area contributed by atoms with Gasteiger partial charge in [-0.25, -0.2) is 4.68 Å². The van der Waals surface area contributed by atoms with Crippen molar-refractivity contribution in [3.63, 3.8) is 0 Å². The van der Waals surface area contributed by atoms with Gasteiger partial charge in [-0.05, 0) is 24.6 Å². The molecule has 0 bridgehead atoms. The van der Waals surface area contributed by atoms with E-state index in [1.54, 1.807) is 12.1 Å². The van der Waals surface area contributed by atoms with Crippen LogP contribution in [0, 0.1) is 11.8 Å². The second-order valence-electron chi connectivity index (χ2n) is 3.43. The van der Waals surface area contributed by atoms with Gasteiger partial charge in [-0.1, -0.05) is 0 Å². The van der Waals surface area contributed by atoms with Crippen LogP contribution in [0.4, 0.5) is 0 Å². The fourth-order valence-corrected chi connectivity index (χ4v) is 1.87. The van der Waals surface area contributed by atoms with Crippen molar-refractivity contribution in [2.75, 3.05) is 7.11 Å². The number of hydrogen-bond donors (Lipinski definition) is 0. The van der Waals surface area contributed by atoms with Gasteiger partial charge in [0.1, 0.15) is 5.75 Å². The number of nitroso groups, excluding NO2 is 1. The Hall–Kier alpha value is -2.17. The third-order valence-corrected chi connectivity index (χ3v) is 2.57. The lowest BCUT2D eigenvalue weighted by Crippen LogP contribution is -1.95. The summed E-state index contributed by atoms with van der Waals surface area (Å²) in [5, 5.41) is 3.53. The minimum atomic E-state index is 0.436. The average molecular weight is 218 g/mol. The molecule has 5 heteroatoms. The molecule has 1 aromatic heterocycles. The molecule has 0 spiro atoms. The standard InChI is InChI=1S/C11H10N2O3/c1-7-5-10(16-2)9(6-14)8-3-4-13(12-15)11(7)8/h3-6H,1-2H3. The predicted molar refractivity (Wildman–Crippen MR) is 59.8 cm³/mol. The average Bonchev–Trinajstić information content (AvgIpc) is 2.73. The predicted octanol–water partition coefficient (Wildman–Crippen LogP) is 2.30. The molecule has 0 aliphatic rings. The number of carbonyl (C=O) groups excluding carboxylic acids is 1. The molecule has 0 saturated carbocycles. The van der Waals surface area contributed by atoms with Gasteiger partial charge >= 0.3 is 0 Å². The Morgan fingerprint density at radius 3 is 2.81 bits per heavy atom. The third kappa shape index (κ3) is 1.29. The van der Waals surface area contributed by atoms with Crippen molar-refractivity contribution < 1.29 is 9.53 Å². The fraction of sp³-hybridized carbons (Fsp3) is 0.182. The molecule has 2 rings (SSSR count). The number of aldehydes is 1. The summed E-state index contributed by atoms with van der Waals surface area (Å²) < 4.78 is 6.32. The van der Waals surface area contributed by atoms with E-state index in [1.807, 2.05) is 6.92 Å². The first kappa shape index (κ1) is 10.4. The van der Waals surface area contributed by atoms with E-state index in [0.29, 0.717) is 22.2 Å². The topological polar surface area (TPSA) is 60.7 Å². The van der Waals surface area contributed by atoms with Gasteiger partial charge in [0.15, 0.2) is 6.29 Å². The molecule has 0 atom stereocenters. The highest BCUT2D eigenvalue weighted by Crippen LogP contribution is 2.30. The van der Waals surface area contributed by atoms with Crippen LogP contribution in [0.5, 0.6) is 5.75 Å². The van der Waals surface area contributed by atoms with Crippen LogP contribution < -0.4 is 4.74 Å². The number of ether oxygens (including phenoxy) is 1. The van der Waals surface area contributed by atoms with Gasteiger partial charge in [-0.3, -0.25) is 4.79 Å². The Bertz CT molecular complexity index is 572. The van der Waals surface area contributed by atoms with E-state index in [4.69, 9.17) is 4.74 Å². The summed E-state index contributed by atoms with van der Waals surface area (Å²) >= 11 is 0. The van der Waals surface area contributed by atoms with Gasteiger partial charge in [0.25, 0.3) is 0 Å². The Labute approximate surface area is 91.6 Å². The Morgan fingerprint density at radius 1 is 1.50 bits per heavy atom. The lowest BCUT2D eigenvalue weighted by atomic mass is 10.1. The van der Waals surface area contributed by atoms with Crippen molar-refractivity contribution in [1.29, 1.82) is 0 Å². The largest absolute Gasteiger partial charge is 0.496 e. The second kappa shape index (κ2) is 3.77. The third-order valence-electron chi connectivity index (χ3n) is 2.57. The number of hydrogen-bond acceptors (Lipinski definition) is 4. The molecule has 0 aliphatic heterocycles. The highest BCUT2D eigenvalue weighted by Gasteiger charge is 2.13. The first-order valence-electron chi connectivity index (χ1n) is 4.70. The molecule has 0 aliphatic carbocycles. The molecule has 1 aromatic carbocycles. The minimum Gasteiger partial charge on any atom is -0.496 e. The van der Waals surface area contributed by atoms with Crippen molar-refractivity contribution in [3.8, 4) is 5.75 Å². The van der Waals surface area contributed by atoms with E-state index in [0.717, 1.165) is 11.8 Å². The first-order chi connectivity index (χ1) is 7.72. The number of nitrogens with zero attached hydrogens (tertiary/aromatic N) is 2. The number of carbonyl (C=O) groups is 1. The van der Waals surface area contributed by atoms with Gasteiger partial charge < -0.3 is 4.74 Å². The highest BCUT2D eigenvalue weighted by atomic mass is 16.5. The molecule has 0 saturated heterocycles. The van der Waals surface area contributed by atoms with Crippen LogP contribution in [0.2, 0.25) is 0 Å². The summed E-state index contributed by atoms with van der Waals surface area (Å²) in [6, 6.07) is 3.39. The zero-order valence-corrected chi connectivity index (χ0v) is 8.93. The van der Waals surface area contributed by atoms with Gasteiger partial charge in [0.05, 0.1) is 23.5 Å². The van der Waals surface area contributed by atoms with Crippen molar-refractivity contribution in [2.24, 2.45) is 5.29 Å². The second-order valence-corrected chi connectivity index (χ2v) is 3.43. The lowest BCUT2D eigenvalue weighted by molar-refractivity contribution is 0.112. The monoisotopic (exact) mass is 218 g/mol. The van der Waals surface area contributed by atoms with Crippen LogP contribution in [0.1, 0.15) is 15.9 Å². The normalized spacial score (nSPS) is 10.4. The first-order valence-corrected chi connectivity index (χ1v) is 4.70. The fourth-order valence-electron chi connectivity index (χ4n) is 1.87. The molecule has 16 heavy (non-hydrogen) atoms. The summed E-state index contributed by atoms with van der Waals surface area (Å²) in [7, 11) is 1.50. The summed E-state index contributed by atoms with van der Waals surface area (Å²) in [5.41, 5.74) is 1.91. The smallest absolute Gasteiger partial charge is 0.154 e. The van der Waals surface area contributed by atoms with E-state index in [-0.39, 0.29) is 0 Å². The number of fused-ring (bicyclic) bond motifs is 1. The Kier molecular flexibility index (Phi) is 2.44. The van der Waals surface area contributed by atoms with Crippen LogP contribution in [-0.2, 0) is 0 Å². The molecule has 1 heterocycles. The summed E-state index contributed by atoms with van der Waals surface area (Å²) in [6.07, 6.45) is 2.24. The molecule has 0 fully saturated rings. The van der Waals surface area contributed by atoms with Gasteiger partial charge in [-0.15, -0.1) is 4.91 Å². The van der Waals surface area contributed by atoms with E-state index in [2.05, 4.69) is 5.29 Å². The zero-order valence-electron chi connectivity index (χ0n) is 8.93. The minimum absolute atomic E-state index is 0.436. The number of methoxy groups -OCH3 is 1. The molecule has 0 N–H and O–H groups in total. The van der Waals surface area contributed by atoms with E-state index in [9.17, 15) is 9.70 Å². The number of aryl methyl sites for hydroxylation is 1. The van der Waals surface area contributed by atoms with Crippen molar-refractivity contribution in [2.45, 2.75) is 6.92 Å².